The van der Waals surface area contributed by atoms with Crippen LogP contribution >= 0.6 is 0 Å². The number of aromatic nitrogens is 2. The van der Waals surface area contributed by atoms with Crippen molar-refractivity contribution in [1.29, 1.82) is 0 Å². The molecule has 2 heterocycles. The summed E-state index contributed by atoms with van der Waals surface area (Å²) in [4.78, 5) is 0. The average Bonchev–Trinajstić information content (AvgIpc) is 3.45. The molecule has 0 atom stereocenters. The van der Waals surface area contributed by atoms with E-state index in [1.54, 1.807) is 23.0 Å². The minimum absolute atomic E-state index is 0.0697. The third-order valence-electron chi connectivity index (χ3n) is 6.76. The van der Waals surface area contributed by atoms with Crippen molar-refractivity contribution in [3.8, 4) is 11.4 Å². The Hall–Kier alpha value is -4.04. The molecule has 0 amide bonds. The molecule has 4 aromatic carbocycles. The molecule has 172 valence electrons. The highest BCUT2D eigenvalue weighted by Gasteiger charge is 2.23. The molecule has 0 aliphatic rings. The van der Waals surface area contributed by atoms with E-state index >= 15 is 0 Å². The first kappa shape index (κ1) is 13.2. The maximum absolute atomic E-state index is 8.58. The molecule has 2 nitrogen and oxygen atoms in total. The molecule has 0 aliphatic heterocycles. The fourth-order valence-corrected chi connectivity index (χ4v) is 4.80. The summed E-state index contributed by atoms with van der Waals surface area (Å²) in [5, 5.41) is 0.392. The van der Waals surface area contributed by atoms with E-state index in [0.29, 0.717) is 22.8 Å². The van der Waals surface area contributed by atoms with Gasteiger partial charge in [0.15, 0.2) is 0 Å². The third kappa shape index (κ3) is 3.49. The van der Waals surface area contributed by atoms with Crippen LogP contribution in [-0.2, 0) is 5.41 Å². The monoisotopic (exact) mass is 464 g/mol. The van der Waals surface area contributed by atoms with Gasteiger partial charge in [-0.05, 0) is 73.4 Å². The lowest BCUT2D eigenvalue weighted by Gasteiger charge is -2.27. The summed E-state index contributed by atoms with van der Waals surface area (Å²) >= 11 is 0. The van der Waals surface area contributed by atoms with Gasteiger partial charge in [0.05, 0.1) is 24.7 Å². The molecule has 35 heavy (non-hydrogen) atoms. The average molecular weight is 465 g/mol. The van der Waals surface area contributed by atoms with Gasteiger partial charge in [-0.25, -0.2) is 0 Å². The van der Waals surface area contributed by atoms with Crippen molar-refractivity contribution >= 4 is 21.8 Å². The number of hydrogen-bond acceptors (Lipinski definition) is 0. The Balaban J connectivity index is 1.40. The van der Waals surface area contributed by atoms with Crippen LogP contribution < -0.4 is 0 Å². The van der Waals surface area contributed by atoms with Gasteiger partial charge in [-0.1, -0.05) is 74.4 Å². The maximum atomic E-state index is 8.58. The van der Waals surface area contributed by atoms with Crippen molar-refractivity contribution in [3.05, 3.63) is 131 Å². The Bertz CT molecular complexity index is 2040. The highest BCUT2D eigenvalue weighted by atomic mass is 15.0. The molecular formula is C33H30N2. The number of hydrogen-bond donors (Lipinski definition) is 0. The van der Waals surface area contributed by atoms with E-state index in [-0.39, 0.29) is 82.2 Å². The van der Waals surface area contributed by atoms with E-state index in [4.69, 9.17) is 13.7 Å². The van der Waals surface area contributed by atoms with Gasteiger partial charge in [-0.3, -0.25) is 0 Å². The zero-order valence-electron chi connectivity index (χ0n) is 30.0. The SMILES string of the molecule is [2H]c1c([2H])c([2H])c2c(c1[2H])c([2H])c(C)n2-c1ccc(C(C)(C)c2ccc(-n3c(C)c([2H])c4c([2H])c([2H])c([2H])c([2H])c43)cc2)cc1. The topological polar surface area (TPSA) is 9.86 Å². The van der Waals surface area contributed by atoms with Crippen molar-refractivity contribution in [1.82, 2.24) is 9.13 Å². The number of benzene rings is 4. The summed E-state index contributed by atoms with van der Waals surface area (Å²) in [7, 11) is 0. The van der Waals surface area contributed by atoms with Crippen molar-refractivity contribution < 1.29 is 13.7 Å². The first-order valence-corrected chi connectivity index (χ1v) is 11.5. The smallest absolute Gasteiger partial charge is 0.0648 e. The molecule has 6 rings (SSSR count). The lowest BCUT2D eigenvalue weighted by Crippen LogP contribution is -2.19. The second-order valence-electron chi connectivity index (χ2n) is 9.26. The molecule has 0 fully saturated rings. The maximum Gasteiger partial charge on any atom is 0.0648 e. The summed E-state index contributed by atoms with van der Waals surface area (Å²) in [6.07, 6.45) is 0. The molecule has 0 N–H and O–H groups in total. The van der Waals surface area contributed by atoms with Crippen molar-refractivity contribution in [2.75, 3.05) is 0 Å². The van der Waals surface area contributed by atoms with Gasteiger partial charge in [-0.2, -0.15) is 0 Å². The van der Waals surface area contributed by atoms with Crippen LogP contribution in [0.15, 0.2) is 109 Å². The van der Waals surface area contributed by atoms with Crippen LogP contribution in [0.2, 0.25) is 0 Å². The highest BCUT2D eigenvalue weighted by molar-refractivity contribution is 5.84. The molecule has 0 radical (unpaired) electrons. The minimum atomic E-state index is -0.452. The molecule has 0 saturated carbocycles. The Kier molecular flexibility index (Phi) is 3.02. The van der Waals surface area contributed by atoms with Crippen molar-refractivity contribution in [3.63, 3.8) is 0 Å². The van der Waals surface area contributed by atoms with Gasteiger partial charge in [0.1, 0.15) is 0 Å². The molecule has 0 bridgehead atoms. The van der Waals surface area contributed by atoms with E-state index in [9.17, 15) is 0 Å². The zero-order chi connectivity index (χ0) is 32.9. The van der Waals surface area contributed by atoms with Crippen LogP contribution in [0.5, 0.6) is 0 Å². The number of fused-ring (bicyclic) bond motifs is 2. The highest BCUT2D eigenvalue weighted by Crippen LogP contribution is 2.34. The van der Waals surface area contributed by atoms with Gasteiger partial charge >= 0.3 is 0 Å². The summed E-state index contributed by atoms with van der Waals surface area (Å²) in [5.74, 6) is 0. The molecular weight excluding hydrogens is 424 g/mol. The quantitative estimate of drug-likeness (QED) is 0.247. The van der Waals surface area contributed by atoms with Gasteiger partial charge < -0.3 is 9.13 Å². The predicted molar refractivity (Wildman–Crippen MR) is 148 cm³/mol. The summed E-state index contributed by atoms with van der Waals surface area (Å²) < 4.78 is 86.7. The fraction of sp³-hybridized carbons (Fsp3) is 0.152. The van der Waals surface area contributed by atoms with Crippen LogP contribution in [0.1, 0.15) is 50.1 Å². The predicted octanol–water partition coefficient (Wildman–Crippen LogP) is 8.52. The van der Waals surface area contributed by atoms with Crippen LogP contribution in [0.25, 0.3) is 33.2 Å². The van der Waals surface area contributed by atoms with Crippen molar-refractivity contribution in [2.24, 2.45) is 0 Å². The summed E-state index contributed by atoms with van der Waals surface area (Å²) in [5.41, 5.74) is 4.49. The summed E-state index contributed by atoms with van der Waals surface area (Å²) in [6.45, 7) is 7.64. The van der Waals surface area contributed by atoms with Gasteiger partial charge in [0, 0.05) is 39.0 Å². The lowest BCUT2D eigenvalue weighted by molar-refractivity contribution is 0.640. The van der Waals surface area contributed by atoms with Crippen LogP contribution in [-0.4, -0.2) is 9.13 Å². The number of rotatable bonds is 4. The van der Waals surface area contributed by atoms with Crippen LogP contribution in [0, 0.1) is 13.8 Å². The third-order valence-corrected chi connectivity index (χ3v) is 6.76. The van der Waals surface area contributed by atoms with Crippen molar-refractivity contribution in [2.45, 2.75) is 33.1 Å². The molecule has 0 spiro atoms. The largest absolute Gasteiger partial charge is 0.314 e. The van der Waals surface area contributed by atoms with E-state index < -0.39 is 5.41 Å². The van der Waals surface area contributed by atoms with E-state index in [1.165, 1.54) is 0 Å². The Morgan fingerprint density at radius 1 is 0.571 bits per heavy atom. The zero-order valence-corrected chi connectivity index (χ0v) is 20.0. The number of nitrogens with zero attached hydrogens (tertiary/aromatic N) is 2. The molecule has 2 aromatic heterocycles. The van der Waals surface area contributed by atoms with Gasteiger partial charge in [-0.15, -0.1) is 0 Å². The van der Waals surface area contributed by atoms with Crippen LogP contribution in [0.4, 0.5) is 0 Å². The fourth-order valence-electron chi connectivity index (χ4n) is 4.80. The number of para-hydroxylation sites is 2. The standard InChI is InChI=1S/C33H30N2/c1-23-21-25-9-5-7-11-31(25)34(23)29-17-13-27(14-18-29)33(3,4)28-15-19-30(20-16-28)35-24(2)22-26-10-6-8-12-32(26)35/h5-22H,1-4H3/i5D,6D,7D,8D,9D,10D,11D,12D,21D,22D. The Labute approximate surface area is 221 Å². The second kappa shape index (κ2) is 8.02. The summed E-state index contributed by atoms with van der Waals surface area (Å²) in [6, 6.07) is 13.4. The molecule has 6 aromatic rings. The normalized spacial score (nSPS) is 16.0. The van der Waals surface area contributed by atoms with Gasteiger partial charge in [0.2, 0.25) is 0 Å². The molecule has 0 saturated heterocycles. The minimum Gasteiger partial charge on any atom is -0.314 e. The Morgan fingerprint density at radius 3 is 1.34 bits per heavy atom. The van der Waals surface area contributed by atoms with E-state index in [0.717, 1.165) is 11.1 Å². The molecule has 0 unspecified atom stereocenters. The van der Waals surface area contributed by atoms with E-state index in [2.05, 4.69) is 13.8 Å². The molecule has 0 aliphatic carbocycles. The first-order valence-electron chi connectivity index (χ1n) is 16.5. The molecule has 2 heteroatoms. The Morgan fingerprint density at radius 2 is 0.943 bits per heavy atom. The second-order valence-corrected chi connectivity index (χ2v) is 9.26. The van der Waals surface area contributed by atoms with Gasteiger partial charge in [0.25, 0.3) is 0 Å². The van der Waals surface area contributed by atoms with Crippen LogP contribution in [0.3, 0.4) is 0 Å². The first-order chi connectivity index (χ1) is 21.1. The lowest BCUT2D eigenvalue weighted by atomic mass is 9.78. The van der Waals surface area contributed by atoms with E-state index in [1.807, 2.05) is 48.5 Å².